The van der Waals surface area contributed by atoms with Crippen molar-refractivity contribution in [2.24, 2.45) is 17.6 Å². The number of aldehydes is 1. The van der Waals surface area contributed by atoms with Gasteiger partial charge in [-0.05, 0) is 91.9 Å². The molecular weight excluding hydrogens is 911 g/mol. The maximum absolute atomic E-state index is 12.7. The summed E-state index contributed by atoms with van der Waals surface area (Å²) in [5, 5.41) is 0. The van der Waals surface area contributed by atoms with Gasteiger partial charge in [-0.25, -0.2) is 9.97 Å². The summed E-state index contributed by atoms with van der Waals surface area (Å²) in [5.41, 5.74) is 11.6. The van der Waals surface area contributed by atoms with Crippen molar-refractivity contribution in [3.8, 4) is 23.0 Å². The largest absolute Gasteiger partial charge is 0.497 e. The molecule has 0 saturated carbocycles. The second kappa shape index (κ2) is 22.8. The second-order valence-corrected chi connectivity index (χ2v) is 18.0. The highest BCUT2D eigenvalue weighted by atomic mass is 16.5. The number of benzene rings is 4. The number of methoxy groups -OCH3 is 2. The van der Waals surface area contributed by atoms with Crippen LogP contribution < -0.4 is 45.6 Å². The molecule has 71 heavy (non-hydrogen) atoms. The monoisotopic (exact) mass is 967 g/mol. The number of fused-ring (bicyclic) bond motifs is 4. The van der Waals surface area contributed by atoms with Crippen molar-refractivity contribution in [2.75, 3.05) is 56.9 Å². The lowest BCUT2D eigenvalue weighted by Crippen LogP contribution is -2.26. The molecular formula is C53H57N7O11. The first kappa shape index (κ1) is 49.7. The number of ketones is 2. The molecule has 2 fully saturated rings. The van der Waals surface area contributed by atoms with Gasteiger partial charge in [-0.2, -0.15) is 0 Å². The minimum atomic E-state index is -0.215. The third-order valence-corrected chi connectivity index (χ3v) is 13.1. The van der Waals surface area contributed by atoms with Crippen LogP contribution in [-0.4, -0.2) is 95.8 Å². The van der Waals surface area contributed by atoms with Gasteiger partial charge in [0.15, 0.2) is 11.6 Å². The first-order valence-corrected chi connectivity index (χ1v) is 23.8. The summed E-state index contributed by atoms with van der Waals surface area (Å²) in [7, 11) is 3.17. The molecule has 4 aliphatic rings. The Morgan fingerprint density at radius 1 is 0.634 bits per heavy atom. The first-order chi connectivity index (χ1) is 34.4. The summed E-state index contributed by atoms with van der Waals surface area (Å²) in [5.74, 6) is 3.71. The Bertz CT molecular complexity index is 3100. The lowest BCUT2D eigenvalue weighted by molar-refractivity contribution is -0.122. The van der Waals surface area contributed by atoms with E-state index in [2.05, 4.69) is 9.97 Å². The molecule has 4 aromatic carbocycles. The molecule has 0 bridgehead atoms. The Kier molecular flexibility index (Phi) is 16.0. The summed E-state index contributed by atoms with van der Waals surface area (Å²) >= 11 is 0. The molecule has 6 heterocycles. The van der Waals surface area contributed by atoms with Crippen molar-refractivity contribution in [1.29, 1.82) is 0 Å². The van der Waals surface area contributed by atoms with E-state index in [0.717, 1.165) is 77.0 Å². The van der Waals surface area contributed by atoms with Crippen LogP contribution in [0.15, 0.2) is 94.8 Å². The van der Waals surface area contributed by atoms with Gasteiger partial charge in [0.1, 0.15) is 42.5 Å². The fraction of sp³-hybridized carbons (Fsp3) is 0.377. The Morgan fingerprint density at radius 3 is 1.63 bits per heavy atom. The zero-order valence-corrected chi connectivity index (χ0v) is 39.9. The number of unbranched alkanes of at least 4 members (excludes halogenated alkanes) is 2. The van der Waals surface area contributed by atoms with Gasteiger partial charge in [0, 0.05) is 92.9 Å². The van der Waals surface area contributed by atoms with E-state index in [-0.39, 0.29) is 53.6 Å². The van der Waals surface area contributed by atoms with Crippen LogP contribution in [0.25, 0.3) is 22.1 Å². The van der Waals surface area contributed by atoms with Gasteiger partial charge >= 0.3 is 0 Å². The smallest absolute Gasteiger partial charge is 0.269 e. The van der Waals surface area contributed by atoms with Gasteiger partial charge in [0.2, 0.25) is 11.8 Å². The maximum Gasteiger partial charge on any atom is 0.269 e. The fourth-order valence-corrected chi connectivity index (χ4v) is 9.34. The second-order valence-electron chi connectivity index (χ2n) is 18.0. The number of nitrogens with zero attached hydrogens (tertiary/aromatic N) is 6. The summed E-state index contributed by atoms with van der Waals surface area (Å²) in [4.78, 5) is 94.1. The van der Waals surface area contributed by atoms with E-state index in [0.29, 0.717) is 93.3 Å². The molecule has 370 valence electrons. The molecule has 10 rings (SSSR count). The van der Waals surface area contributed by atoms with Gasteiger partial charge in [-0.15, -0.1) is 0 Å². The molecule has 18 nitrogen and oxygen atoms in total. The van der Waals surface area contributed by atoms with Crippen LogP contribution in [0.5, 0.6) is 23.0 Å². The van der Waals surface area contributed by atoms with E-state index in [4.69, 9.17) is 24.7 Å². The number of amides is 2. The molecule has 2 saturated heterocycles. The maximum atomic E-state index is 12.7. The van der Waals surface area contributed by atoms with Gasteiger partial charge < -0.3 is 48.4 Å². The van der Waals surface area contributed by atoms with E-state index < -0.39 is 0 Å². The lowest BCUT2D eigenvalue weighted by atomic mass is 10.0. The van der Waals surface area contributed by atoms with Gasteiger partial charge in [0.25, 0.3) is 11.1 Å². The minimum absolute atomic E-state index is 0.0569. The summed E-state index contributed by atoms with van der Waals surface area (Å²) in [6, 6.07) is 22.1. The van der Waals surface area contributed by atoms with Crippen molar-refractivity contribution in [3.63, 3.8) is 0 Å². The quantitative estimate of drug-likeness (QED) is 0.112. The number of carbonyl (C=O) groups excluding carboxylic acids is 5. The molecule has 2 amide bonds. The highest BCUT2D eigenvalue weighted by Crippen LogP contribution is 2.34. The Hall–Kier alpha value is -7.73. The number of rotatable bonds is 14. The number of hydrogen-bond acceptors (Lipinski definition) is 14. The van der Waals surface area contributed by atoms with Crippen molar-refractivity contribution in [3.05, 3.63) is 117 Å². The normalized spacial score (nSPS) is 17.1. The molecule has 0 spiro atoms. The van der Waals surface area contributed by atoms with Crippen LogP contribution in [0.3, 0.4) is 0 Å². The van der Waals surface area contributed by atoms with E-state index in [1.54, 1.807) is 41.9 Å². The average Bonchev–Trinajstić information content (AvgIpc) is 3.96. The molecule has 0 unspecified atom stereocenters. The van der Waals surface area contributed by atoms with Gasteiger partial charge in [-0.1, -0.05) is 12.8 Å². The van der Waals surface area contributed by atoms with Gasteiger partial charge in [0.05, 0.1) is 48.7 Å². The number of nitrogens with two attached hydrogens (primary N) is 1. The van der Waals surface area contributed by atoms with Crippen molar-refractivity contribution in [2.45, 2.75) is 70.9 Å². The highest BCUT2D eigenvalue weighted by Gasteiger charge is 2.32. The number of hydrogen-bond donors (Lipinski definition) is 1. The molecule has 2 aromatic heterocycles. The summed E-state index contributed by atoms with van der Waals surface area (Å²) in [6.45, 7) is 3.12. The first-order valence-electron chi connectivity index (χ1n) is 23.8. The van der Waals surface area contributed by atoms with Crippen LogP contribution in [0.4, 0.5) is 11.4 Å². The van der Waals surface area contributed by atoms with Crippen LogP contribution in [0, 0.1) is 11.8 Å². The molecule has 0 radical (unpaired) electrons. The van der Waals surface area contributed by atoms with Crippen LogP contribution >= 0.6 is 0 Å². The topological polar surface area (TPSA) is 225 Å². The number of aromatic nitrogens is 4. The highest BCUT2D eigenvalue weighted by molar-refractivity contribution is 5.97. The number of aryl methyl sites for hydroxylation is 2. The van der Waals surface area contributed by atoms with E-state index in [1.807, 2.05) is 59.5 Å². The third kappa shape index (κ3) is 11.8. The van der Waals surface area contributed by atoms with E-state index >= 15 is 0 Å². The van der Waals surface area contributed by atoms with Crippen LogP contribution in [0.2, 0.25) is 0 Å². The predicted molar refractivity (Wildman–Crippen MR) is 266 cm³/mol. The number of ether oxygens (including phenoxy) is 4. The van der Waals surface area contributed by atoms with Crippen molar-refractivity contribution < 1.29 is 42.9 Å². The fourth-order valence-electron chi connectivity index (χ4n) is 9.34. The lowest BCUT2D eigenvalue weighted by Gasteiger charge is -2.21. The van der Waals surface area contributed by atoms with Crippen LogP contribution in [-0.2, 0) is 49.9 Å². The standard InChI is InChI=1S/C27H29N3O5.C14H16N2O3.C12H12N2O3/c1-34-22-7-8-23-24(14-22)29(27(33)15-28-23)10-4-2-3-5-18-11-26(32)30(16-18)20-6-9-25-19(12-20)13-21(31)17-35-25;15-6-9-3-14(18)16(7-9)11-1-2-13-10(4-11)5-12(17)8-19-13;1-17-9-3-4-10-11(7-9)14(5-2-6-15)12(16)8-13-10/h6-9,12,14-15,18H,2-5,10-11,13,16-17H2,1H3;1-2,4,9H,3,5-8,15H2;3-4,6-8H,2,5H2,1H3/t18-;9-;/m01./s1. The average molecular weight is 968 g/mol. The van der Waals surface area contributed by atoms with E-state index in [1.165, 1.54) is 17.0 Å². The van der Waals surface area contributed by atoms with Crippen molar-refractivity contribution >= 4 is 63.1 Å². The Morgan fingerprint density at radius 2 is 1.14 bits per heavy atom. The van der Waals surface area contributed by atoms with E-state index in [9.17, 15) is 33.6 Å². The zero-order chi connectivity index (χ0) is 50.0. The minimum Gasteiger partial charge on any atom is -0.497 e. The number of carbonyl (C=O) groups is 5. The third-order valence-electron chi connectivity index (χ3n) is 13.1. The summed E-state index contributed by atoms with van der Waals surface area (Å²) in [6.07, 6.45) is 9.33. The Balaban J connectivity index is 0.000000158. The zero-order valence-electron chi connectivity index (χ0n) is 39.9. The molecule has 2 atom stereocenters. The van der Waals surface area contributed by atoms with Gasteiger partial charge in [-0.3, -0.25) is 28.8 Å². The predicted octanol–water partition coefficient (Wildman–Crippen LogP) is 5.02. The molecule has 0 aliphatic carbocycles. The number of anilines is 2. The molecule has 18 heteroatoms. The van der Waals surface area contributed by atoms with Crippen LogP contribution in [0.1, 0.15) is 56.1 Å². The van der Waals surface area contributed by atoms with Crippen molar-refractivity contribution in [1.82, 2.24) is 19.1 Å². The number of Topliss-reactive ketones (excluding diaryl/α,β-unsaturated/α-hetero) is 2. The Labute approximate surface area is 409 Å². The SMILES string of the molecule is COc1ccc2ncc(=O)n(CCC=O)c2c1.COc1ccc2ncc(=O)n(CCCCC[C@H]3CC(=O)N(c4ccc5c(c4)CC(=O)CO5)C3)c2c1.NC[C@H]1CC(=O)N(c2ccc3c(c2)CC(=O)CO3)C1. The summed E-state index contributed by atoms with van der Waals surface area (Å²) < 4.78 is 24.5. The molecule has 6 aromatic rings. The molecule has 2 N–H and O–H groups in total. The molecule has 4 aliphatic heterocycles.